The lowest BCUT2D eigenvalue weighted by Crippen LogP contribution is -2.06. The molecule has 5 nitrogen and oxygen atoms in total. The molecule has 1 aromatic carbocycles. The number of anilines is 1. The number of carbonyl (C=O) groups excluding carboxylic acids is 1. The largest absolute Gasteiger partial charge is 0.331 e. The Morgan fingerprint density at radius 1 is 1.14 bits per heavy atom. The number of aryl methyl sites for hydroxylation is 1. The third-order valence-corrected chi connectivity index (χ3v) is 3.54. The first-order valence-electron chi connectivity index (χ1n) is 6.70. The summed E-state index contributed by atoms with van der Waals surface area (Å²) in [6, 6.07) is 8.04. The number of rotatable bonds is 2. The standard InChI is InChI=1S/C16H16N4O/c1-10-17-9-15(20(10)3)12-4-5-13-8-18-16(19-11(2)21)7-14(13)6-12/h4-9H,1-3H3,(H,18,19,21). The molecule has 0 saturated heterocycles. The van der Waals surface area contributed by atoms with E-state index in [2.05, 4.69) is 32.0 Å². The number of hydrogen-bond donors (Lipinski definition) is 1. The molecule has 0 radical (unpaired) electrons. The lowest BCUT2D eigenvalue weighted by atomic mass is 10.1. The highest BCUT2D eigenvalue weighted by atomic mass is 16.1. The predicted molar refractivity (Wildman–Crippen MR) is 83.0 cm³/mol. The Bertz CT molecular complexity index is 835. The van der Waals surface area contributed by atoms with E-state index in [0.717, 1.165) is 27.9 Å². The van der Waals surface area contributed by atoms with Gasteiger partial charge >= 0.3 is 0 Å². The van der Waals surface area contributed by atoms with Crippen LogP contribution in [0.15, 0.2) is 36.7 Å². The quantitative estimate of drug-likeness (QED) is 0.785. The van der Waals surface area contributed by atoms with Crippen LogP contribution in [0.5, 0.6) is 0 Å². The van der Waals surface area contributed by atoms with Crippen LogP contribution >= 0.6 is 0 Å². The number of carbonyl (C=O) groups is 1. The summed E-state index contributed by atoms with van der Waals surface area (Å²) >= 11 is 0. The molecular weight excluding hydrogens is 264 g/mol. The van der Waals surface area contributed by atoms with Crippen LogP contribution < -0.4 is 5.32 Å². The first-order chi connectivity index (χ1) is 10.0. The average molecular weight is 280 g/mol. The SMILES string of the molecule is CC(=O)Nc1cc2cc(-c3cnc(C)n3C)ccc2cn1. The van der Waals surface area contributed by atoms with Gasteiger partial charge in [-0.3, -0.25) is 4.79 Å². The van der Waals surface area contributed by atoms with E-state index < -0.39 is 0 Å². The molecule has 1 N–H and O–H groups in total. The molecule has 0 bridgehead atoms. The van der Waals surface area contributed by atoms with Gasteiger partial charge in [0.05, 0.1) is 11.9 Å². The second-order valence-electron chi connectivity index (χ2n) is 5.06. The normalized spacial score (nSPS) is 10.8. The van der Waals surface area contributed by atoms with Gasteiger partial charge in [-0.05, 0) is 24.4 Å². The molecule has 0 unspecified atom stereocenters. The van der Waals surface area contributed by atoms with Crippen molar-refractivity contribution >= 4 is 22.5 Å². The number of pyridine rings is 1. The van der Waals surface area contributed by atoms with Crippen molar-refractivity contribution in [3.8, 4) is 11.3 Å². The van der Waals surface area contributed by atoms with E-state index in [4.69, 9.17) is 0 Å². The van der Waals surface area contributed by atoms with Gasteiger partial charge < -0.3 is 9.88 Å². The monoisotopic (exact) mass is 280 g/mol. The van der Waals surface area contributed by atoms with Gasteiger partial charge in [-0.25, -0.2) is 9.97 Å². The molecule has 1 amide bonds. The fourth-order valence-corrected chi connectivity index (χ4v) is 2.32. The van der Waals surface area contributed by atoms with Gasteiger partial charge in [-0.15, -0.1) is 0 Å². The maximum atomic E-state index is 11.1. The van der Waals surface area contributed by atoms with Crippen LogP contribution in [0.4, 0.5) is 5.82 Å². The van der Waals surface area contributed by atoms with Crippen molar-refractivity contribution in [1.82, 2.24) is 14.5 Å². The average Bonchev–Trinajstić information content (AvgIpc) is 2.77. The van der Waals surface area contributed by atoms with E-state index in [1.54, 1.807) is 6.20 Å². The molecule has 0 fully saturated rings. The number of hydrogen-bond acceptors (Lipinski definition) is 3. The van der Waals surface area contributed by atoms with Gasteiger partial charge in [0, 0.05) is 31.1 Å². The summed E-state index contributed by atoms with van der Waals surface area (Å²) in [5, 5.41) is 4.77. The Balaban J connectivity index is 2.09. The molecule has 3 aromatic rings. The fraction of sp³-hybridized carbons (Fsp3) is 0.188. The van der Waals surface area contributed by atoms with Crippen LogP contribution in [0.25, 0.3) is 22.0 Å². The van der Waals surface area contributed by atoms with E-state index in [-0.39, 0.29) is 5.91 Å². The summed E-state index contributed by atoms with van der Waals surface area (Å²) in [5.74, 6) is 1.41. The Labute approximate surface area is 122 Å². The summed E-state index contributed by atoms with van der Waals surface area (Å²) in [6.07, 6.45) is 3.63. The second-order valence-corrected chi connectivity index (χ2v) is 5.06. The van der Waals surface area contributed by atoms with Crippen molar-refractivity contribution in [2.45, 2.75) is 13.8 Å². The van der Waals surface area contributed by atoms with E-state index in [1.807, 2.05) is 32.3 Å². The zero-order valence-corrected chi connectivity index (χ0v) is 12.2. The smallest absolute Gasteiger partial charge is 0.222 e. The highest BCUT2D eigenvalue weighted by molar-refractivity contribution is 5.92. The molecule has 5 heteroatoms. The van der Waals surface area contributed by atoms with Crippen LogP contribution in [0.2, 0.25) is 0 Å². The molecule has 0 aliphatic rings. The maximum Gasteiger partial charge on any atom is 0.222 e. The van der Waals surface area contributed by atoms with Gasteiger partial charge in [-0.1, -0.05) is 12.1 Å². The van der Waals surface area contributed by atoms with Crippen molar-refractivity contribution in [1.29, 1.82) is 0 Å². The van der Waals surface area contributed by atoms with Crippen LogP contribution in [0.3, 0.4) is 0 Å². The van der Waals surface area contributed by atoms with E-state index >= 15 is 0 Å². The summed E-state index contributed by atoms with van der Waals surface area (Å²) in [7, 11) is 2.00. The number of aromatic nitrogens is 3. The lowest BCUT2D eigenvalue weighted by Gasteiger charge is -2.07. The van der Waals surface area contributed by atoms with Gasteiger partial charge in [0.15, 0.2) is 0 Å². The maximum absolute atomic E-state index is 11.1. The third kappa shape index (κ3) is 2.50. The highest BCUT2D eigenvalue weighted by Crippen LogP contribution is 2.25. The van der Waals surface area contributed by atoms with Crippen molar-refractivity contribution < 1.29 is 4.79 Å². The molecule has 21 heavy (non-hydrogen) atoms. The minimum Gasteiger partial charge on any atom is -0.331 e. The highest BCUT2D eigenvalue weighted by Gasteiger charge is 2.07. The molecule has 106 valence electrons. The zero-order valence-electron chi connectivity index (χ0n) is 12.2. The molecule has 0 aliphatic carbocycles. The summed E-state index contributed by atoms with van der Waals surface area (Å²) < 4.78 is 2.05. The Kier molecular flexibility index (Phi) is 3.17. The Morgan fingerprint density at radius 3 is 2.62 bits per heavy atom. The Morgan fingerprint density at radius 2 is 1.95 bits per heavy atom. The molecule has 2 aromatic heterocycles. The number of nitrogens with one attached hydrogen (secondary N) is 1. The first kappa shape index (κ1) is 13.3. The van der Waals surface area contributed by atoms with Crippen molar-refractivity contribution in [3.63, 3.8) is 0 Å². The van der Waals surface area contributed by atoms with Crippen molar-refractivity contribution in [3.05, 3.63) is 42.5 Å². The van der Waals surface area contributed by atoms with Gasteiger partial charge in [0.1, 0.15) is 11.6 Å². The zero-order chi connectivity index (χ0) is 15.0. The van der Waals surface area contributed by atoms with Gasteiger partial charge in [0.25, 0.3) is 0 Å². The lowest BCUT2D eigenvalue weighted by molar-refractivity contribution is -0.114. The second kappa shape index (κ2) is 5.01. The van der Waals surface area contributed by atoms with Gasteiger partial charge in [-0.2, -0.15) is 0 Å². The topological polar surface area (TPSA) is 59.8 Å². The summed E-state index contributed by atoms with van der Waals surface area (Å²) in [5.41, 5.74) is 2.15. The van der Waals surface area contributed by atoms with E-state index in [1.165, 1.54) is 6.92 Å². The molecule has 2 heterocycles. The number of benzene rings is 1. The molecule has 0 spiro atoms. The molecule has 3 rings (SSSR count). The van der Waals surface area contributed by atoms with Crippen LogP contribution in [-0.4, -0.2) is 20.4 Å². The fourth-order valence-electron chi connectivity index (χ4n) is 2.32. The molecule has 0 saturated carbocycles. The van der Waals surface area contributed by atoms with Crippen molar-refractivity contribution in [2.24, 2.45) is 7.05 Å². The van der Waals surface area contributed by atoms with Crippen LogP contribution in [-0.2, 0) is 11.8 Å². The first-order valence-corrected chi connectivity index (χ1v) is 6.70. The molecule has 0 aliphatic heterocycles. The van der Waals surface area contributed by atoms with Gasteiger partial charge in [0.2, 0.25) is 5.91 Å². The number of imidazole rings is 1. The Hall–Kier alpha value is -2.69. The number of fused-ring (bicyclic) bond motifs is 1. The van der Waals surface area contributed by atoms with Crippen molar-refractivity contribution in [2.75, 3.05) is 5.32 Å². The van der Waals surface area contributed by atoms with E-state index in [0.29, 0.717) is 5.82 Å². The van der Waals surface area contributed by atoms with Crippen LogP contribution in [0.1, 0.15) is 12.7 Å². The summed E-state index contributed by atoms with van der Waals surface area (Å²) in [6.45, 7) is 3.45. The number of amides is 1. The molecule has 0 atom stereocenters. The minimum atomic E-state index is -0.125. The minimum absolute atomic E-state index is 0.125. The predicted octanol–water partition coefficient (Wildman–Crippen LogP) is 2.90. The molecular formula is C16H16N4O. The third-order valence-electron chi connectivity index (χ3n) is 3.54. The number of nitrogens with zero attached hydrogens (tertiary/aromatic N) is 3. The van der Waals surface area contributed by atoms with E-state index in [9.17, 15) is 4.79 Å². The van der Waals surface area contributed by atoms with Crippen LogP contribution in [0, 0.1) is 6.92 Å². The summed E-state index contributed by atoms with van der Waals surface area (Å²) in [4.78, 5) is 19.7.